The monoisotopic (exact) mass is 296 g/mol. The molecule has 3 N–H and O–H groups in total. The lowest BCUT2D eigenvalue weighted by molar-refractivity contribution is 0.642. The maximum atomic E-state index is 11.6. The first-order valence-electron chi connectivity index (χ1n) is 5.99. The van der Waals surface area contributed by atoms with Gasteiger partial charge in [0.25, 0.3) is 0 Å². The van der Waals surface area contributed by atoms with Gasteiger partial charge in [0.1, 0.15) is 0 Å². The number of nitrogens with zero attached hydrogens (tertiary/aromatic N) is 2. The summed E-state index contributed by atoms with van der Waals surface area (Å²) < 4.78 is 1.73. The Morgan fingerprint density at radius 3 is 3.00 bits per heavy atom. The molecule has 1 aliphatic rings. The van der Waals surface area contributed by atoms with Crippen LogP contribution in [0.3, 0.4) is 0 Å². The molecule has 0 aliphatic heterocycles. The van der Waals surface area contributed by atoms with Gasteiger partial charge in [-0.3, -0.25) is 4.57 Å². The van der Waals surface area contributed by atoms with E-state index in [1.807, 2.05) is 12.1 Å². The zero-order chi connectivity index (χ0) is 13.4. The summed E-state index contributed by atoms with van der Waals surface area (Å²) in [6, 6.07) is 5.76. The molecule has 0 unspecified atom stereocenters. The second-order valence-corrected chi connectivity index (χ2v) is 5.92. The van der Waals surface area contributed by atoms with Gasteiger partial charge in [-0.15, -0.1) is 5.10 Å². The van der Waals surface area contributed by atoms with Crippen molar-refractivity contribution in [2.75, 3.05) is 5.73 Å². The topological polar surface area (TPSA) is 76.7 Å². The van der Waals surface area contributed by atoms with Crippen LogP contribution in [-0.4, -0.2) is 14.8 Å². The number of benzene rings is 1. The molecule has 0 saturated heterocycles. The molecule has 0 atom stereocenters. The van der Waals surface area contributed by atoms with Gasteiger partial charge in [0, 0.05) is 22.5 Å². The SMILES string of the molecule is Nc1cc(Cl)ccc1CSc1n[nH]c(=O)n1C1CC1. The van der Waals surface area contributed by atoms with Crippen LogP contribution in [0.25, 0.3) is 0 Å². The van der Waals surface area contributed by atoms with Gasteiger partial charge in [0.05, 0.1) is 0 Å². The largest absolute Gasteiger partial charge is 0.398 e. The maximum absolute atomic E-state index is 11.6. The number of anilines is 1. The van der Waals surface area contributed by atoms with Crippen LogP contribution in [0.4, 0.5) is 5.69 Å². The Kier molecular flexibility index (Phi) is 3.28. The fourth-order valence-corrected chi connectivity index (χ4v) is 3.10. The minimum absolute atomic E-state index is 0.130. The molecule has 100 valence electrons. The number of thioether (sulfide) groups is 1. The van der Waals surface area contributed by atoms with Crippen molar-refractivity contribution in [3.05, 3.63) is 39.3 Å². The molecule has 2 aromatic rings. The highest BCUT2D eigenvalue weighted by Gasteiger charge is 2.28. The summed E-state index contributed by atoms with van der Waals surface area (Å²) in [5.41, 5.74) is 7.43. The molecule has 1 aromatic heterocycles. The van der Waals surface area contributed by atoms with E-state index in [0.717, 1.165) is 23.6 Å². The lowest BCUT2D eigenvalue weighted by atomic mass is 10.2. The van der Waals surface area contributed by atoms with Crippen molar-refractivity contribution in [2.24, 2.45) is 0 Å². The lowest BCUT2D eigenvalue weighted by Gasteiger charge is -2.06. The molecule has 0 bridgehead atoms. The number of nitrogens with two attached hydrogens (primary N) is 1. The number of nitrogens with one attached hydrogen (secondary N) is 1. The number of aromatic nitrogens is 3. The van der Waals surface area contributed by atoms with Crippen LogP contribution in [0, 0.1) is 0 Å². The molecular weight excluding hydrogens is 284 g/mol. The Morgan fingerprint density at radius 1 is 1.53 bits per heavy atom. The van der Waals surface area contributed by atoms with Crippen LogP contribution in [0.2, 0.25) is 5.02 Å². The zero-order valence-corrected chi connectivity index (χ0v) is 11.7. The van der Waals surface area contributed by atoms with Crippen LogP contribution < -0.4 is 11.4 Å². The number of H-pyrrole nitrogens is 1. The smallest absolute Gasteiger partial charge is 0.344 e. The lowest BCUT2D eigenvalue weighted by Crippen LogP contribution is -2.16. The molecule has 19 heavy (non-hydrogen) atoms. The van der Waals surface area contributed by atoms with E-state index < -0.39 is 0 Å². The molecule has 0 spiro atoms. The quantitative estimate of drug-likeness (QED) is 0.671. The molecule has 1 fully saturated rings. The van der Waals surface area contributed by atoms with Crippen molar-refractivity contribution in [3.63, 3.8) is 0 Å². The van der Waals surface area contributed by atoms with E-state index in [-0.39, 0.29) is 5.69 Å². The molecule has 1 aliphatic carbocycles. The molecule has 3 rings (SSSR count). The predicted molar refractivity (Wildman–Crippen MR) is 76.5 cm³/mol. The fraction of sp³-hybridized carbons (Fsp3) is 0.333. The number of aromatic amines is 1. The molecule has 1 heterocycles. The van der Waals surface area contributed by atoms with E-state index in [0.29, 0.717) is 22.5 Å². The first kappa shape index (κ1) is 12.6. The van der Waals surface area contributed by atoms with E-state index in [1.165, 1.54) is 11.8 Å². The van der Waals surface area contributed by atoms with Gasteiger partial charge < -0.3 is 5.73 Å². The van der Waals surface area contributed by atoms with E-state index in [4.69, 9.17) is 17.3 Å². The van der Waals surface area contributed by atoms with Crippen LogP contribution in [0.5, 0.6) is 0 Å². The molecule has 0 amide bonds. The average molecular weight is 297 g/mol. The van der Waals surface area contributed by atoms with Gasteiger partial charge in [0.15, 0.2) is 5.16 Å². The minimum atomic E-state index is -0.130. The zero-order valence-electron chi connectivity index (χ0n) is 10.1. The highest BCUT2D eigenvalue weighted by Crippen LogP contribution is 2.36. The maximum Gasteiger partial charge on any atom is 0.344 e. The van der Waals surface area contributed by atoms with Crippen LogP contribution in [-0.2, 0) is 5.75 Å². The Bertz CT molecular complexity index is 662. The van der Waals surface area contributed by atoms with Crippen molar-refractivity contribution >= 4 is 29.1 Å². The number of halogens is 1. The predicted octanol–water partition coefficient (Wildman–Crippen LogP) is 2.43. The standard InChI is InChI=1S/C12H13ClN4OS/c13-8-2-1-7(10(14)5-8)6-19-12-16-15-11(18)17(12)9-3-4-9/h1-2,5,9H,3-4,6,14H2,(H,15,18). The summed E-state index contributed by atoms with van der Waals surface area (Å²) in [6.07, 6.45) is 2.10. The van der Waals surface area contributed by atoms with Crippen LogP contribution >= 0.6 is 23.4 Å². The van der Waals surface area contributed by atoms with E-state index in [1.54, 1.807) is 10.6 Å². The van der Waals surface area contributed by atoms with Crippen molar-refractivity contribution < 1.29 is 0 Å². The summed E-state index contributed by atoms with van der Waals surface area (Å²) in [7, 11) is 0. The highest BCUT2D eigenvalue weighted by atomic mass is 35.5. The minimum Gasteiger partial charge on any atom is -0.398 e. The third-order valence-electron chi connectivity index (χ3n) is 3.05. The molecule has 7 heteroatoms. The number of hydrogen-bond acceptors (Lipinski definition) is 4. The fourth-order valence-electron chi connectivity index (χ4n) is 1.89. The number of rotatable bonds is 4. The third kappa shape index (κ3) is 2.64. The molecule has 0 radical (unpaired) electrons. The summed E-state index contributed by atoms with van der Waals surface area (Å²) in [6.45, 7) is 0. The second kappa shape index (κ2) is 4.94. The van der Waals surface area contributed by atoms with Crippen LogP contribution in [0.15, 0.2) is 28.2 Å². The Morgan fingerprint density at radius 2 is 2.32 bits per heavy atom. The summed E-state index contributed by atoms with van der Waals surface area (Å²) in [5, 5.41) is 7.91. The summed E-state index contributed by atoms with van der Waals surface area (Å²) in [5.74, 6) is 0.667. The van der Waals surface area contributed by atoms with Gasteiger partial charge in [-0.1, -0.05) is 29.4 Å². The van der Waals surface area contributed by atoms with Gasteiger partial charge in [0.2, 0.25) is 0 Å². The highest BCUT2D eigenvalue weighted by molar-refractivity contribution is 7.98. The number of hydrogen-bond donors (Lipinski definition) is 2. The molecule has 1 aromatic carbocycles. The van der Waals surface area contributed by atoms with Gasteiger partial charge in [-0.05, 0) is 30.5 Å². The van der Waals surface area contributed by atoms with Gasteiger partial charge in [-0.25, -0.2) is 9.89 Å². The molecule has 5 nitrogen and oxygen atoms in total. The average Bonchev–Trinajstić information content (AvgIpc) is 3.13. The van der Waals surface area contributed by atoms with E-state index in [9.17, 15) is 4.79 Å². The molecule has 1 saturated carbocycles. The van der Waals surface area contributed by atoms with Crippen LogP contribution in [0.1, 0.15) is 24.4 Å². The van der Waals surface area contributed by atoms with Crippen molar-refractivity contribution in [1.29, 1.82) is 0 Å². The summed E-state index contributed by atoms with van der Waals surface area (Å²) in [4.78, 5) is 11.6. The third-order valence-corrected chi connectivity index (χ3v) is 4.29. The molecular formula is C12H13ClN4OS. The Labute approximate surface area is 119 Å². The Balaban J connectivity index is 1.77. The van der Waals surface area contributed by atoms with Gasteiger partial charge in [-0.2, -0.15) is 0 Å². The van der Waals surface area contributed by atoms with Crippen molar-refractivity contribution in [2.45, 2.75) is 29.8 Å². The number of nitrogen functional groups attached to an aromatic ring is 1. The van der Waals surface area contributed by atoms with Gasteiger partial charge >= 0.3 is 5.69 Å². The first-order chi connectivity index (χ1) is 9.15. The van der Waals surface area contributed by atoms with E-state index in [2.05, 4.69) is 10.2 Å². The van der Waals surface area contributed by atoms with Crippen molar-refractivity contribution in [3.8, 4) is 0 Å². The van der Waals surface area contributed by atoms with E-state index >= 15 is 0 Å². The first-order valence-corrected chi connectivity index (χ1v) is 7.35. The second-order valence-electron chi connectivity index (χ2n) is 4.54. The van der Waals surface area contributed by atoms with Crippen molar-refractivity contribution in [1.82, 2.24) is 14.8 Å². The normalized spacial score (nSPS) is 14.8. The Hall–Kier alpha value is -1.40. The summed E-state index contributed by atoms with van der Waals surface area (Å²) >= 11 is 7.37.